The van der Waals surface area contributed by atoms with Gasteiger partial charge in [-0.1, -0.05) is 35.5 Å². The minimum atomic E-state index is -0.356. The summed E-state index contributed by atoms with van der Waals surface area (Å²) in [6, 6.07) is 11.3. The van der Waals surface area contributed by atoms with Gasteiger partial charge in [-0.3, -0.25) is 14.9 Å². The average molecular weight is 358 g/mol. The molecule has 3 N–H and O–H groups in total. The number of rotatable bonds is 5. The van der Waals surface area contributed by atoms with Gasteiger partial charge in [0.25, 0.3) is 5.91 Å². The molecule has 2 heterocycles. The Bertz CT molecular complexity index is 760. The van der Waals surface area contributed by atoms with E-state index in [-0.39, 0.29) is 36.6 Å². The molecule has 8 nitrogen and oxygen atoms in total. The molecule has 26 heavy (non-hydrogen) atoms. The monoisotopic (exact) mass is 358 g/mol. The van der Waals surface area contributed by atoms with Crippen molar-refractivity contribution in [2.75, 3.05) is 13.7 Å². The van der Waals surface area contributed by atoms with E-state index in [2.05, 4.69) is 15.8 Å². The number of hydrogen-bond donors (Lipinski definition) is 3. The van der Waals surface area contributed by atoms with Crippen LogP contribution in [0.15, 0.2) is 40.9 Å². The predicted octanol–water partition coefficient (Wildman–Crippen LogP) is 0.961. The molecule has 0 spiro atoms. The number of nitrogens with zero attached hydrogens (tertiary/aromatic N) is 2. The number of aromatic nitrogens is 1. The fraction of sp³-hybridized carbons (Fsp3) is 0.444. The molecule has 2 atom stereocenters. The highest BCUT2D eigenvalue weighted by atomic mass is 16.7. The molecule has 1 aliphatic carbocycles. The lowest BCUT2D eigenvalue weighted by molar-refractivity contribution is -0.163. The quantitative estimate of drug-likeness (QED) is 0.732. The first-order valence-corrected chi connectivity index (χ1v) is 8.73. The maximum absolute atomic E-state index is 12.4. The van der Waals surface area contributed by atoms with Gasteiger partial charge in [0.15, 0.2) is 17.7 Å². The first-order valence-electron chi connectivity index (χ1n) is 8.73. The largest absolute Gasteiger partial charge is 0.392 e. The van der Waals surface area contributed by atoms with Crippen LogP contribution in [0.3, 0.4) is 0 Å². The van der Waals surface area contributed by atoms with E-state index in [0.29, 0.717) is 11.7 Å². The molecular weight excluding hydrogens is 336 g/mol. The van der Waals surface area contributed by atoms with Gasteiger partial charge in [0.2, 0.25) is 0 Å². The molecule has 0 radical (unpaired) electrons. The van der Waals surface area contributed by atoms with Crippen LogP contribution in [-0.4, -0.2) is 53.3 Å². The standard InChI is InChI=1S/C18H22N4O4/c1-22-17(20-16(10-23)26-22)12-7-13(8-12)19-18(24)14-9-15(25-21-14)11-5-3-2-4-6-11/h2-6,9,12-13,16-17,20,23H,7-8,10H2,1H3,(H,19,24). The zero-order valence-electron chi connectivity index (χ0n) is 14.5. The average Bonchev–Trinajstić information content (AvgIpc) is 3.25. The summed E-state index contributed by atoms with van der Waals surface area (Å²) < 4.78 is 5.28. The van der Waals surface area contributed by atoms with E-state index in [9.17, 15) is 4.79 Å². The molecule has 8 heteroatoms. The van der Waals surface area contributed by atoms with Crippen molar-refractivity contribution in [3.8, 4) is 11.3 Å². The topological polar surface area (TPSA) is 99.9 Å². The van der Waals surface area contributed by atoms with Gasteiger partial charge < -0.3 is 14.9 Å². The second-order valence-corrected chi connectivity index (χ2v) is 6.78. The Balaban J connectivity index is 1.30. The third kappa shape index (κ3) is 3.36. The van der Waals surface area contributed by atoms with Crippen LogP contribution in [0, 0.1) is 5.92 Å². The number of hydroxylamine groups is 2. The van der Waals surface area contributed by atoms with Crippen molar-refractivity contribution in [2.24, 2.45) is 5.92 Å². The first-order chi connectivity index (χ1) is 12.6. The van der Waals surface area contributed by atoms with E-state index < -0.39 is 0 Å². The fourth-order valence-corrected chi connectivity index (χ4v) is 3.53. The molecule has 1 amide bonds. The summed E-state index contributed by atoms with van der Waals surface area (Å²) in [4.78, 5) is 17.8. The first kappa shape index (κ1) is 17.2. The van der Waals surface area contributed by atoms with E-state index in [1.54, 1.807) is 11.1 Å². The van der Waals surface area contributed by atoms with Crippen LogP contribution in [0.1, 0.15) is 23.3 Å². The van der Waals surface area contributed by atoms with Crippen LogP contribution in [0.5, 0.6) is 0 Å². The molecule has 1 aliphatic heterocycles. The Morgan fingerprint density at radius 2 is 2.15 bits per heavy atom. The van der Waals surface area contributed by atoms with Crippen molar-refractivity contribution >= 4 is 5.91 Å². The highest BCUT2D eigenvalue weighted by Crippen LogP contribution is 2.34. The van der Waals surface area contributed by atoms with Crippen molar-refractivity contribution < 1.29 is 19.3 Å². The van der Waals surface area contributed by atoms with Crippen LogP contribution in [0.4, 0.5) is 0 Å². The normalized spacial score (nSPS) is 28.7. The molecule has 1 aromatic carbocycles. The van der Waals surface area contributed by atoms with E-state index >= 15 is 0 Å². The lowest BCUT2D eigenvalue weighted by Gasteiger charge is -2.40. The smallest absolute Gasteiger partial charge is 0.273 e. The zero-order valence-corrected chi connectivity index (χ0v) is 14.5. The number of nitrogens with one attached hydrogen (secondary N) is 2. The fourth-order valence-electron chi connectivity index (χ4n) is 3.53. The van der Waals surface area contributed by atoms with Gasteiger partial charge in [0.1, 0.15) is 0 Å². The minimum Gasteiger partial charge on any atom is -0.392 e. The summed E-state index contributed by atoms with van der Waals surface area (Å²) in [5, 5.41) is 21.0. The summed E-state index contributed by atoms with van der Waals surface area (Å²) >= 11 is 0. The Hall–Kier alpha value is -2.26. The van der Waals surface area contributed by atoms with Crippen molar-refractivity contribution in [1.82, 2.24) is 20.9 Å². The highest BCUT2D eigenvalue weighted by molar-refractivity contribution is 5.93. The second kappa shape index (κ2) is 7.16. The van der Waals surface area contributed by atoms with Gasteiger partial charge in [0.05, 0.1) is 12.8 Å². The van der Waals surface area contributed by atoms with Crippen LogP contribution >= 0.6 is 0 Å². The van der Waals surface area contributed by atoms with Crippen LogP contribution in [-0.2, 0) is 4.84 Å². The molecule has 2 aliphatic rings. The molecule has 1 saturated heterocycles. The van der Waals surface area contributed by atoms with Gasteiger partial charge in [-0.25, -0.2) is 0 Å². The summed E-state index contributed by atoms with van der Waals surface area (Å²) in [6.07, 6.45) is 1.39. The SMILES string of the molecule is CN1OC(CO)NC1C1CC(NC(=O)c2cc(-c3ccccc3)on2)C1. The van der Waals surface area contributed by atoms with Crippen molar-refractivity contribution in [3.63, 3.8) is 0 Å². The van der Waals surface area contributed by atoms with Crippen molar-refractivity contribution in [3.05, 3.63) is 42.1 Å². The third-order valence-electron chi connectivity index (χ3n) is 4.97. The van der Waals surface area contributed by atoms with E-state index in [0.717, 1.165) is 18.4 Å². The van der Waals surface area contributed by atoms with Gasteiger partial charge in [0, 0.05) is 24.7 Å². The third-order valence-corrected chi connectivity index (χ3v) is 4.97. The Morgan fingerprint density at radius 3 is 2.85 bits per heavy atom. The Kier molecular flexibility index (Phi) is 4.73. The molecule has 1 saturated carbocycles. The summed E-state index contributed by atoms with van der Waals surface area (Å²) in [5.41, 5.74) is 1.17. The Morgan fingerprint density at radius 1 is 1.38 bits per heavy atom. The van der Waals surface area contributed by atoms with Gasteiger partial charge in [-0.15, -0.1) is 0 Å². The maximum Gasteiger partial charge on any atom is 0.273 e. The van der Waals surface area contributed by atoms with Crippen LogP contribution in [0.25, 0.3) is 11.3 Å². The maximum atomic E-state index is 12.4. The molecule has 2 unspecified atom stereocenters. The molecule has 0 bridgehead atoms. The number of benzene rings is 1. The van der Waals surface area contributed by atoms with Crippen molar-refractivity contribution in [1.29, 1.82) is 0 Å². The molecule has 1 aromatic heterocycles. The lowest BCUT2D eigenvalue weighted by atomic mass is 9.78. The van der Waals surface area contributed by atoms with Gasteiger partial charge >= 0.3 is 0 Å². The van der Waals surface area contributed by atoms with E-state index in [1.165, 1.54) is 0 Å². The number of aliphatic hydroxyl groups is 1. The van der Waals surface area contributed by atoms with Crippen LogP contribution < -0.4 is 10.6 Å². The number of aliphatic hydroxyl groups excluding tert-OH is 1. The number of amides is 1. The number of hydrogen-bond acceptors (Lipinski definition) is 7. The number of carbonyl (C=O) groups excluding carboxylic acids is 1. The van der Waals surface area contributed by atoms with Gasteiger partial charge in [-0.2, -0.15) is 5.06 Å². The minimum absolute atomic E-state index is 0.0528. The molecular formula is C18H22N4O4. The predicted molar refractivity (Wildman–Crippen MR) is 92.6 cm³/mol. The zero-order chi connectivity index (χ0) is 18.1. The van der Waals surface area contributed by atoms with Gasteiger partial charge in [-0.05, 0) is 18.8 Å². The van der Waals surface area contributed by atoms with Crippen LogP contribution in [0.2, 0.25) is 0 Å². The molecule has 138 valence electrons. The van der Waals surface area contributed by atoms with E-state index in [1.807, 2.05) is 37.4 Å². The molecule has 2 aromatic rings. The van der Waals surface area contributed by atoms with E-state index in [4.69, 9.17) is 14.5 Å². The molecule has 4 rings (SSSR count). The number of carbonyl (C=O) groups is 1. The second-order valence-electron chi connectivity index (χ2n) is 6.78. The summed E-state index contributed by atoms with van der Waals surface area (Å²) in [6.45, 7) is -0.0658. The molecule has 2 fully saturated rings. The van der Waals surface area contributed by atoms with Crippen molar-refractivity contribution in [2.45, 2.75) is 31.3 Å². The summed E-state index contributed by atoms with van der Waals surface area (Å²) in [5.74, 6) is 0.710. The summed E-state index contributed by atoms with van der Waals surface area (Å²) in [7, 11) is 1.85. The lowest BCUT2D eigenvalue weighted by Crippen LogP contribution is -2.53. The Labute approximate surface area is 151 Å². The highest BCUT2D eigenvalue weighted by Gasteiger charge is 2.42.